The number of carbonyl (C=O) groups excluding carboxylic acids is 1. The minimum absolute atomic E-state index is 0.0726. The van der Waals surface area contributed by atoms with Gasteiger partial charge in [-0.3, -0.25) is 4.79 Å². The zero-order chi connectivity index (χ0) is 15.1. The van der Waals surface area contributed by atoms with Crippen LogP contribution < -0.4 is 10.1 Å². The minimum atomic E-state index is -0.0726. The summed E-state index contributed by atoms with van der Waals surface area (Å²) in [5.74, 6) is 0.746. The Morgan fingerprint density at radius 1 is 1.38 bits per heavy atom. The first kappa shape index (κ1) is 15.1. The molecular weight excluding hydrogens is 266 g/mol. The lowest BCUT2D eigenvalue weighted by atomic mass is 10.2. The van der Waals surface area contributed by atoms with Crippen LogP contribution in [-0.2, 0) is 11.3 Å². The highest BCUT2D eigenvalue weighted by Crippen LogP contribution is 2.18. The van der Waals surface area contributed by atoms with E-state index in [0.29, 0.717) is 0 Å². The molecule has 1 heterocycles. The molecule has 21 heavy (non-hydrogen) atoms. The number of rotatable bonds is 7. The summed E-state index contributed by atoms with van der Waals surface area (Å²) in [6.45, 7) is 4.51. The van der Waals surface area contributed by atoms with Crippen LogP contribution in [0.25, 0.3) is 0 Å². The van der Waals surface area contributed by atoms with Gasteiger partial charge in [0.15, 0.2) is 0 Å². The smallest absolute Gasteiger partial charge is 0.221 e. The average Bonchev–Trinajstić information content (AvgIpc) is 2.93. The summed E-state index contributed by atoms with van der Waals surface area (Å²) in [6.07, 6.45) is 7.75. The van der Waals surface area contributed by atoms with E-state index in [9.17, 15) is 4.79 Å². The van der Waals surface area contributed by atoms with Gasteiger partial charge in [-0.1, -0.05) is 0 Å². The van der Waals surface area contributed by atoms with Crippen LogP contribution >= 0.6 is 0 Å². The normalized spacial score (nSPS) is 11.9. The first-order valence-corrected chi connectivity index (χ1v) is 7.13. The number of aryl methyl sites for hydroxylation is 1. The molecule has 0 spiro atoms. The van der Waals surface area contributed by atoms with Crippen LogP contribution in [0.2, 0.25) is 0 Å². The Morgan fingerprint density at radius 2 is 2.14 bits per heavy atom. The number of hydrogen-bond acceptors (Lipinski definition) is 3. The highest BCUT2D eigenvalue weighted by molar-refractivity contribution is 5.88. The van der Waals surface area contributed by atoms with Crippen molar-refractivity contribution in [1.82, 2.24) is 9.55 Å². The number of amides is 1. The molecule has 1 unspecified atom stereocenters. The molecule has 0 saturated heterocycles. The van der Waals surface area contributed by atoms with Crippen molar-refractivity contribution in [2.45, 2.75) is 39.3 Å². The summed E-state index contributed by atoms with van der Waals surface area (Å²) >= 11 is 0. The van der Waals surface area contributed by atoms with Crippen molar-refractivity contribution in [3.63, 3.8) is 0 Å². The van der Waals surface area contributed by atoms with Gasteiger partial charge in [-0.05, 0) is 44.0 Å². The molecule has 2 rings (SSSR count). The lowest BCUT2D eigenvalue weighted by Gasteiger charge is -2.15. The van der Waals surface area contributed by atoms with E-state index in [1.165, 1.54) is 6.92 Å². The second kappa shape index (κ2) is 7.47. The highest BCUT2D eigenvalue weighted by Gasteiger charge is 2.04. The quantitative estimate of drug-likeness (QED) is 0.851. The van der Waals surface area contributed by atoms with E-state index in [-0.39, 0.29) is 12.0 Å². The Kier molecular flexibility index (Phi) is 5.37. The van der Waals surface area contributed by atoms with Crippen molar-refractivity contribution in [2.75, 3.05) is 5.32 Å². The van der Waals surface area contributed by atoms with Crippen LogP contribution in [0.4, 0.5) is 5.69 Å². The molecule has 0 fully saturated rings. The van der Waals surface area contributed by atoms with Crippen molar-refractivity contribution in [1.29, 1.82) is 0 Å². The highest BCUT2D eigenvalue weighted by atomic mass is 16.5. The Hall–Kier alpha value is -2.30. The number of hydrogen-bond donors (Lipinski definition) is 1. The average molecular weight is 287 g/mol. The van der Waals surface area contributed by atoms with Crippen LogP contribution in [0.1, 0.15) is 26.7 Å². The van der Waals surface area contributed by atoms with Gasteiger partial charge >= 0.3 is 0 Å². The summed E-state index contributed by atoms with van der Waals surface area (Å²) in [4.78, 5) is 15.0. The predicted octanol–water partition coefficient (Wildman–Crippen LogP) is 3.09. The fourth-order valence-corrected chi connectivity index (χ4v) is 2.09. The van der Waals surface area contributed by atoms with Crippen LogP contribution in [0.15, 0.2) is 43.0 Å². The molecule has 0 radical (unpaired) electrons. The van der Waals surface area contributed by atoms with Gasteiger partial charge in [0.05, 0.1) is 12.4 Å². The summed E-state index contributed by atoms with van der Waals surface area (Å²) < 4.78 is 7.92. The number of imidazole rings is 1. The zero-order valence-electron chi connectivity index (χ0n) is 12.5. The molecule has 0 aliphatic heterocycles. The van der Waals surface area contributed by atoms with Gasteiger partial charge in [0.2, 0.25) is 5.91 Å². The van der Waals surface area contributed by atoms with Gasteiger partial charge in [-0.15, -0.1) is 0 Å². The molecule has 1 atom stereocenters. The van der Waals surface area contributed by atoms with Gasteiger partial charge in [0, 0.05) is 31.5 Å². The van der Waals surface area contributed by atoms with E-state index in [0.717, 1.165) is 30.8 Å². The first-order valence-electron chi connectivity index (χ1n) is 7.13. The molecule has 0 aliphatic carbocycles. The summed E-state index contributed by atoms with van der Waals surface area (Å²) in [5, 5.41) is 2.73. The van der Waals surface area contributed by atoms with E-state index >= 15 is 0 Å². The van der Waals surface area contributed by atoms with Crippen molar-refractivity contribution in [2.24, 2.45) is 0 Å². The van der Waals surface area contributed by atoms with Gasteiger partial charge in [0.25, 0.3) is 0 Å². The van der Waals surface area contributed by atoms with Crippen LogP contribution in [0.5, 0.6) is 5.75 Å². The van der Waals surface area contributed by atoms with E-state index in [1.807, 2.05) is 36.8 Å². The molecule has 0 aliphatic rings. The SMILES string of the molecule is CC(=O)Nc1ccc(OC(C)CCCn2ccnc2)cc1. The Balaban J connectivity index is 1.74. The van der Waals surface area contributed by atoms with Crippen LogP contribution in [-0.4, -0.2) is 21.6 Å². The molecular formula is C16H21N3O2. The maximum atomic E-state index is 10.9. The van der Waals surface area contributed by atoms with Crippen molar-refractivity contribution < 1.29 is 9.53 Å². The number of benzene rings is 1. The fourth-order valence-electron chi connectivity index (χ4n) is 2.09. The molecule has 1 aromatic carbocycles. The fraction of sp³-hybridized carbons (Fsp3) is 0.375. The predicted molar refractivity (Wildman–Crippen MR) is 82.3 cm³/mol. The van der Waals surface area contributed by atoms with Gasteiger partial charge in [-0.2, -0.15) is 0 Å². The Morgan fingerprint density at radius 3 is 2.76 bits per heavy atom. The molecule has 5 nitrogen and oxygen atoms in total. The largest absolute Gasteiger partial charge is 0.491 e. The second-order valence-corrected chi connectivity index (χ2v) is 5.08. The third kappa shape index (κ3) is 5.30. The second-order valence-electron chi connectivity index (χ2n) is 5.08. The summed E-state index contributed by atoms with van der Waals surface area (Å²) in [5.41, 5.74) is 0.780. The number of nitrogens with one attached hydrogen (secondary N) is 1. The number of carbonyl (C=O) groups is 1. The van der Waals surface area contributed by atoms with Gasteiger partial charge in [-0.25, -0.2) is 4.98 Å². The third-order valence-electron chi connectivity index (χ3n) is 3.10. The molecule has 1 amide bonds. The summed E-state index contributed by atoms with van der Waals surface area (Å²) in [6, 6.07) is 7.43. The lowest BCUT2D eigenvalue weighted by molar-refractivity contribution is -0.114. The Labute approximate surface area is 125 Å². The lowest BCUT2D eigenvalue weighted by Crippen LogP contribution is -2.13. The van der Waals surface area contributed by atoms with Crippen LogP contribution in [0, 0.1) is 0 Å². The number of nitrogens with zero attached hydrogens (tertiary/aromatic N) is 2. The maximum absolute atomic E-state index is 10.9. The zero-order valence-corrected chi connectivity index (χ0v) is 12.5. The molecule has 0 saturated carbocycles. The number of anilines is 1. The topological polar surface area (TPSA) is 56.1 Å². The Bertz CT molecular complexity index is 549. The van der Waals surface area contributed by atoms with E-state index in [4.69, 9.17) is 4.74 Å². The number of aromatic nitrogens is 2. The van der Waals surface area contributed by atoms with E-state index in [2.05, 4.69) is 21.8 Å². The number of ether oxygens (including phenoxy) is 1. The van der Waals surface area contributed by atoms with Gasteiger partial charge in [0.1, 0.15) is 5.75 Å². The van der Waals surface area contributed by atoms with E-state index < -0.39 is 0 Å². The molecule has 112 valence electrons. The van der Waals surface area contributed by atoms with Crippen molar-refractivity contribution in [3.8, 4) is 5.75 Å². The first-order chi connectivity index (χ1) is 10.1. The van der Waals surface area contributed by atoms with E-state index in [1.54, 1.807) is 6.20 Å². The third-order valence-corrected chi connectivity index (χ3v) is 3.10. The summed E-state index contributed by atoms with van der Waals surface area (Å²) in [7, 11) is 0. The van der Waals surface area contributed by atoms with Crippen molar-refractivity contribution in [3.05, 3.63) is 43.0 Å². The minimum Gasteiger partial charge on any atom is -0.491 e. The molecule has 5 heteroatoms. The molecule has 1 N–H and O–H groups in total. The van der Waals surface area contributed by atoms with Gasteiger partial charge < -0.3 is 14.6 Å². The maximum Gasteiger partial charge on any atom is 0.221 e. The molecule has 0 bridgehead atoms. The standard InChI is InChI=1S/C16H21N3O2/c1-13(4-3-10-19-11-9-17-12-19)21-16-7-5-15(6-8-16)18-14(2)20/h5-9,11-13H,3-4,10H2,1-2H3,(H,18,20). The molecule has 2 aromatic rings. The van der Waals surface area contributed by atoms with Crippen LogP contribution in [0.3, 0.4) is 0 Å². The molecule has 1 aromatic heterocycles. The van der Waals surface area contributed by atoms with Crippen molar-refractivity contribution >= 4 is 11.6 Å². The monoisotopic (exact) mass is 287 g/mol.